The van der Waals surface area contributed by atoms with Gasteiger partial charge in [0.25, 0.3) is 0 Å². The molecule has 1 aromatic rings. The minimum Gasteiger partial charge on any atom is -0.398 e. The van der Waals surface area contributed by atoms with Crippen LogP contribution in [0.4, 0.5) is 5.69 Å². The van der Waals surface area contributed by atoms with Crippen LogP contribution in [0.2, 0.25) is 0 Å². The summed E-state index contributed by atoms with van der Waals surface area (Å²) in [4.78, 5) is 0. The minimum atomic E-state index is 0.418. The monoisotopic (exact) mass is 224 g/mol. The van der Waals surface area contributed by atoms with Gasteiger partial charge in [-0.3, -0.25) is 0 Å². The predicted molar refractivity (Wildman–Crippen MR) is 52.6 cm³/mol. The summed E-state index contributed by atoms with van der Waals surface area (Å²) in [7, 11) is 0. The molecule has 0 radical (unpaired) electrons. The van der Waals surface area contributed by atoms with Crippen molar-refractivity contribution in [1.82, 2.24) is 0 Å². The standard InChI is InChI=1S/C9H9BrN2/c1-6-4-7(2-3-11)8(10)5-9(6)12/h4-5H,2,12H2,1H3. The van der Waals surface area contributed by atoms with Gasteiger partial charge in [0.2, 0.25) is 0 Å². The molecule has 0 aliphatic carbocycles. The number of nitrogens with zero attached hydrogens (tertiary/aromatic N) is 1. The average Bonchev–Trinajstić information content (AvgIpc) is 2.01. The van der Waals surface area contributed by atoms with E-state index in [1.807, 2.05) is 19.1 Å². The molecule has 0 unspecified atom stereocenters. The normalized spacial score (nSPS) is 9.42. The zero-order valence-electron chi connectivity index (χ0n) is 6.76. The van der Waals surface area contributed by atoms with Gasteiger partial charge < -0.3 is 5.73 Å². The highest BCUT2D eigenvalue weighted by molar-refractivity contribution is 9.10. The number of nitrogens with two attached hydrogens (primary N) is 1. The first-order valence-corrected chi connectivity index (χ1v) is 4.36. The van der Waals surface area contributed by atoms with Crippen molar-refractivity contribution in [2.45, 2.75) is 13.3 Å². The van der Waals surface area contributed by atoms with Crippen molar-refractivity contribution in [3.8, 4) is 6.07 Å². The molecule has 62 valence electrons. The van der Waals surface area contributed by atoms with Crippen LogP contribution in [0.1, 0.15) is 11.1 Å². The van der Waals surface area contributed by atoms with Gasteiger partial charge in [-0.1, -0.05) is 22.0 Å². The van der Waals surface area contributed by atoms with Crippen LogP contribution in [0.3, 0.4) is 0 Å². The quantitative estimate of drug-likeness (QED) is 0.746. The number of anilines is 1. The third-order valence-corrected chi connectivity index (χ3v) is 2.44. The lowest BCUT2D eigenvalue weighted by Crippen LogP contribution is -1.93. The average molecular weight is 225 g/mol. The van der Waals surface area contributed by atoms with Gasteiger partial charge in [-0.15, -0.1) is 0 Å². The molecule has 0 aliphatic heterocycles. The number of nitrogen functional groups attached to an aromatic ring is 1. The Bertz CT molecular complexity index is 339. The first-order chi connectivity index (χ1) is 5.65. The number of aryl methyl sites for hydroxylation is 1. The lowest BCUT2D eigenvalue weighted by molar-refractivity contribution is 1.23. The van der Waals surface area contributed by atoms with Gasteiger partial charge in [-0.25, -0.2) is 0 Å². The molecule has 0 bridgehead atoms. The number of hydrogen-bond donors (Lipinski definition) is 1. The Morgan fingerprint density at radius 3 is 2.83 bits per heavy atom. The maximum atomic E-state index is 8.50. The molecule has 1 rings (SSSR count). The molecule has 2 N–H and O–H groups in total. The van der Waals surface area contributed by atoms with Crippen molar-refractivity contribution in [1.29, 1.82) is 5.26 Å². The molecule has 0 fully saturated rings. The highest BCUT2D eigenvalue weighted by atomic mass is 79.9. The van der Waals surface area contributed by atoms with Crippen LogP contribution in [-0.2, 0) is 6.42 Å². The summed E-state index contributed by atoms with van der Waals surface area (Å²) in [5.74, 6) is 0. The third-order valence-electron chi connectivity index (χ3n) is 1.70. The van der Waals surface area contributed by atoms with E-state index in [0.717, 1.165) is 21.3 Å². The maximum absolute atomic E-state index is 8.50. The first-order valence-electron chi connectivity index (χ1n) is 3.56. The Labute approximate surface area is 80.1 Å². The molecule has 0 saturated carbocycles. The van der Waals surface area contributed by atoms with Crippen LogP contribution < -0.4 is 5.73 Å². The molecular weight excluding hydrogens is 216 g/mol. The number of nitriles is 1. The van der Waals surface area contributed by atoms with Crippen LogP contribution in [0.5, 0.6) is 0 Å². The van der Waals surface area contributed by atoms with Crippen LogP contribution in [0, 0.1) is 18.3 Å². The van der Waals surface area contributed by atoms with Gasteiger partial charge >= 0.3 is 0 Å². The van der Waals surface area contributed by atoms with Gasteiger partial charge in [0.1, 0.15) is 0 Å². The van der Waals surface area contributed by atoms with Crippen molar-refractivity contribution in [3.05, 3.63) is 27.7 Å². The Morgan fingerprint density at radius 2 is 2.25 bits per heavy atom. The smallest absolute Gasteiger partial charge is 0.0670 e. The van der Waals surface area contributed by atoms with E-state index in [-0.39, 0.29) is 0 Å². The van der Waals surface area contributed by atoms with E-state index in [4.69, 9.17) is 11.0 Å². The van der Waals surface area contributed by atoms with E-state index in [9.17, 15) is 0 Å². The summed E-state index contributed by atoms with van der Waals surface area (Å²) in [5.41, 5.74) is 8.43. The molecule has 12 heavy (non-hydrogen) atoms. The summed E-state index contributed by atoms with van der Waals surface area (Å²) >= 11 is 3.35. The van der Waals surface area contributed by atoms with Gasteiger partial charge in [0, 0.05) is 10.2 Å². The molecule has 0 spiro atoms. The van der Waals surface area contributed by atoms with Crippen molar-refractivity contribution >= 4 is 21.6 Å². The van der Waals surface area contributed by atoms with E-state index in [1.54, 1.807) is 0 Å². The molecule has 1 aromatic carbocycles. The lowest BCUT2D eigenvalue weighted by Gasteiger charge is -2.04. The second-order valence-corrected chi connectivity index (χ2v) is 3.49. The highest BCUT2D eigenvalue weighted by Gasteiger charge is 2.02. The predicted octanol–water partition coefficient (Wildman–Crippen LogP) is 2.41. The molecule has 2 nitrogen and oxygen atoms in total. The van der Waals surface area contributed by atoms with Crippen LogP contribution in [-0.4, -0.2) is 0 Å². The fourth-order valence-electron chi connectivity index (χ4n) is 0.977. The molecular formula is C9H9BrN2. The Morgan fingerprint density at radius 1 is 1.58 bits per heavy atom. The molecule has 0 heterocycles. The minimum absolute atomic E-state index is 0.418. The van der Waals surface area contributed by atoms with Gasteiger partial charge in [0.15, 0.2) is 0 Å². The van der Waals surface area contributed by atoms with E-state index < -0.39 is 0 Å². The van der Waals surface area contributed by atoms with Crippen molar-refractivity contribution in [2.24, 2.45) is 0 Å². The summed E-state index contributed by atoms with van der Waals surface area (Å²) in [6.07, 6.45) is 0.418. The van der Waals surface area contributed by atoms with Crippen molar-refractivity contribution in [3.63, 3.8) is 0 Å². The Hall–Kier alpha value is -1.01. The van der Waals surface area contributed by atoms with Gasteiger partial charge in [-0.05, 0) is 24.1 Å². The Kier molecular flexibility index (Phi) is 2.72. The molecule has 0 aliphatic rings. The fraction of sp³-hybridized carbons (Fsp3) is 0.222. The second kappa shape index (κ2) is 3.59. The molecule has 3 heteroatoms. The van der Waals surface area contributed by atoms with Crippen LogP contribution in [0.15, 0.2) is 16.6 Å². The SMILES string of the molecule is Cc1cc(CC#N)c(Br)cc1N. The first kappa shape index (κ1) is 9.08. The zero-order valence-corrected chi connectivity index (χ0v) is 8.35. The van der Waals surface area contributed by atoms with E-state index in [2.05, 4.69) is 22.0 Å². The van der Waals surface area contributed by atoms with E-state index >= 15 is 0 Å². The second-order valence-electron chi connectivity index (χ2n) is 2.64. The summed E-state index contributed by atoms with van der Waals surface area (Å²) < 4.78 is 0.909. The van der Waals surface area contributed by atoms with Crippen LogP contribution in [0.25, 0.3) is 0 Å². The van der Waals surface area contributed by atoms with Crippen molar-refractivity contribution < 1.29 is 0 Å². The largest absolute Gasteiger partial charge is 0.398 e. The maximum Gasteiger partial charge on any atom is 0.0670 e. The summed E-state index contributed by atoms with van der Waals surface area (Å²) in [5, 5.41) is 8.50. The molecule has 0 saturated heterocycles. The van der Waals surface area contributed by atoms with Crippen LogP contribution >= 0.6 is 15.9 Å². The fourth-order valence-corrected chi connectivity index (χ4v) is 1.48. The third kappa shape index (κ3) is 1.77. The summed E-state index contributed by atoms with van der Waals surface area (Å²) in [6.45, 7) is 1.93. The van der Waals surface area contributed by atoms with Crippen molar-refractivity contribution in [2.75, 3.05) is 5.73 Å². The zero-order chi connectivity index (χ0) is 9.14. The van der Waals surface area contributed by atoms with E-state index in [1.165, 1.54) is 0 Å². The Balaban J connectivity index is 3.16. The molecule has 0 atom stereocenters. The molecule has 0 amide bonds. The van der Waals surface area contributed by atoms with E-state index in [0.29, 0.717) is 6.42 Å². The number of benzene rings is 1. The summed E-state index contributed by atoms with van der Waals surface area (Å²) in [6, 6.07) is 5.87. The number of rotatable bonds is 1. The lowest BCUT2D eigenvalue weighted by atomic mass is 10.1. The number of halogens is 1. The highest BCUT2D eigenvalue weighted by Crippen LogP contribution is 2.23. The number of hydrogen-bond acceptors (Lipinski definition) is 2. The van der Waals surface area contributed by atoms with Gasteiger partial charge in [0.05, 0.1) is 12.5 Å². The molecule has 0 aromatic heterocycles. The topological polar surface area (TPSA) is 49.8 Å². The van der Waals surface area contributed by atoms with Gasteiger partial charge in [-0.2, -0.15) is 5.26 Å².